The fourth-order valence-corrected chi connectivity index (χ4v) is 1.58. The van der Waals surface area contributed by atoms with Crippen molar-refractivity contribution in [3.8, 4) is 5.82 Å². The Bertz CT molecular complexity index is 504. The van der Waals surface area contributed by atoms with Gasteiger partial charge in [0.05, 0.1) is 0 Å². The van der Waals surface area contributed by atoms with Gasteiger partial charge < -0.3 is 5.43 Å². The van der Waals surface area contributed by atoms with Gasteiger partial charge in [0.25, 0.3) is 0 Å². The second-order valence-corrected chi connectivity index (χ2v) is 3.59. The third kappa shape index (κ3) is 2.26. The highest BCUT2D eigenvalue weighted by Crippen LogP contribution is 2.11. The Morgan fingerprint density at radius 3 is 2.71 bits per heavy atom. The van der Waals surface area contributed by atoms with E-state index in [2.05, 4.69) is 20.5 Å². The smallest absolute Gasteiger partial charge is 0.157 e. The fourth-order valence-electron chi connectivity index (χ4n) is 1.58. The first-order chi connectivity index (χ1) is 8.28. The Morgan fingerprint density at radius 1 is 1.24 bits per heavy atom. The molecule has 2 heterocycles. The summed E-state index contributed by atoms with van der Waals surface area (Å²) in [6.45, 7) is 4.08. The van der Waals surface area contributed by atoms with Gasteiger partial charge in [-0.05, 0) is 12.1 Å². The molecule has 0 aliphatic carbocycles. The molecule has 0 saturated carbocycles. The van der Waals surface area contributed by atoms with Crippen molar-refractivity contribution in [2.45, 2.75) is 26.7 Å². The van der Waals surface area contributed by atoms with Crippen molar-refractivity contribution in [1.82, 2.24) is 19.7 Å². The van der Waals surface area contributed by atoms with Crippen molar-refractivity contribution in [3.05, 3.63) is 29.8 Å². The van der Waals surface area contributed by atoms with Gasteiger partial charge >= 0.3 is 0 Å². The molecule has 6 nitrogen and oxygen atoms in total. The highest BCUT2D eigenvalue weighted by molar-refractivity contribution is 5.38. The third-order valence-electron chi connectivity index (χ3n) is 2.45. The van der Waals surface area contributed by atoms with Crippen LogP contribution in [0.1, 0.15) is 25.5 Å². The van der Waals surface area contributed by atoms with Crippen LogP contribution in [0.15, 0.2) is 18.2 Å². The molecule has 0 aliphatic rings. The Kier molecular flexibility index (Phi) is 3.34. The van der Waals surface area contributed by atoms with Gasteiger partial charge in [0, 0.05) is 12.8 Å². The number of aromatic nitrogens is 4. The standard InChI is InChI=1S/C11H16N6/c1-3-8-13-10(4-2)17(16-8)11-7-5-6-9(14-11)15-12/h5-7H,3-4,12H2,1-2H3,(H,14,15). The van der Waals surface area contributed by atoms with Crippen LogP contribution in [0.2, 0.25) is 0 Å². The molecule has 2 rings (SSSR count). The van der Waals surface area contributed by atoms with E-state index in [0.717, 1.165) is 30.3 Å². The van der Waals surface area contributed by atoms with E-state index in [0.29, 0.717) is 5.82 Å². The minimum absolute atomic E-state index is 0.609. The SMILES string of the molecule is CCc1nc(CC)n(-c2cccc(NN)n2)n1. The number of nitrogens with one attached hydrogen (secondary N) is 1. The van der Waals surface area contributed by atoms with Crippen LogP contribution in [-0.4, -0.2) is 19.7 Å². The van der Waals surface area contributed by atoms with E-state index in [1.807, 2.05) is 26.0 Å². The van der Waals surface area contributed by atoms with Crippen LogP contribution in [0.4, 0.5) is 5.82 Å². The summed E-state index contributed by atoms with van der Waals surface area (Å²) in [6.07, 6.45) is 1.63. The number of aryl methyl sites for hydroxylation is 2. The number of hydrogen-bond donors (Lipinski definition) is 2. The van der Waals surface area contributed by atoms with Crippen molar-refractivity contribution in [2.24, 2.45) is 5.84 Å². The molecule has 2 aromatic heterocycles. The number of hydrogen-bond acceptors (Lipinski definition) is 5. The summed E-state index contributed by atoms with van der Waals surface area (Å²) in [4.78, 5) is 8.78. The molecule has 0 saturated heterocycles. The van der Waals surface area contributed by atoms with Crippen LogP contribution in [0.3, 0.4) is 0 Å². The molecule has 0 fully saturated rings. The van der Waals surface area contributed by atoms with Crippen LogP contribution in [0, 0.1) is 0 Å². The van der Waals surface area contributed by atoms with Gasteiger partial charge in [-0.15, -0.1) is 5.10 Å². The zero-order valence-corrected chi connectivity index (χ0v) is 10.0. The van der Waals surface area contributed by atoms with E-state index in [1.54, 1.807) is 10.7 Å². The first-order valence-corrected chi connectivity index (χ1v) is 5.67. The predicted octanol–water partition coefficient (Wildman–Crippen LogP) is 1.07. The molecule has 6 heteroatoms. The molecule has 0 aromatic carbocycles. The molecular formula is C11H16N6. The minimum Gasteiger partial charge on any atom is -0.308 e. The molecule has 0 spiro atoms. The molecule has 0 radical (unpaired) electrons. The maximum Gasteiger partial charge on any atom is 0.157 e. The number of anilines is 1. The molecule has 3 N–H and O–H groups in total. The summed E-state index contributed by atoms with van der Waals surface area (Å²) in [5.41, 5.74) is 2.52. The second kappa shape index (κ2) is 4.92. The van der Waals surface area contributed by atoms with Gasteiger partial charge in [0.2, 0.25) is 0 Å². The molecule has 0 unspecified atom stereocenters. The zero-order chi connectivity index (χ0) is 12.3. The van der Waals surface area contributed by atoms with Crippen molar-refractivity contribution in [1.29, 1.82) is 0 Å². The second-order valence-electron chi connectivity index (χ2n) is 3.59. The van der Waals surface area contributed by atoms with E-state index >= 15 is 0 Å². The first kappa shape index (κ1) is 11.5. The molecule has 0 atom stereocenters. The number of nitrogens with two attached hydrogens (primary N) is 1. The van der Waals surface area contributed by atoms with Crippen molar-refractivity contribution in [2.75, 3.05) is 5.43 Å². The highest BCUT2D eigenvalue weighted by Gasteiger charge is 2.10. The molecule has 90 valence electrons. The van der Waals surface area contributed by atoms with Crippen LogP contribution >= 0.6 is 0 Å². The summed E-state index contributed by atoms with van der Waals surface area (Å²) in [5.74, 6) is 8.41. The van der Waals surface area contributed by atoms with E-state index in [-0.39, 0.29) is 0 Å². The van der Waals surface area contributed by atoms with Gasteiger partial charge in [0.1, 0.15) is 11.6 Å². The lowest BCUT2D eigenvalue weighted by atomic mass is 10.4. The lowest BCUT2D eigenvalue weighted by Crippen LogP contribution is -2.11. The third-order valence-corrected chi connectivity index (χ3v) is 2.45. The maximum atomic E-state index is 5.34. The van der Waals surface area contributed by atoms with Gasteiger partial charge in [-0.1, -0.05) is 19.9 Å². The number of rotatable bonds is 4. The van der Waals surface area contributed by atoms with Gasteiger partial charge in [-0.25, -0.2) is 15.8 Å². The first-order valence-electron chi connectivity index (χ1n) is 5.67. The van der Waals surface area contributed by atoms with E-state index in [4.69, 9.17) is 5.84 Å². The Morgan fingerprint density at radius 2 is 2.06 bits per heavy atom. The summed E-state index contributed by atoms with van der Waals surface area (Å²) >= 11 is 0. The lowest BCUT2D eigenvalue weighted by molar-refractivity contribution is 0.769. The average molecular weight is 232 g/mol. The van der Waals surface area contributed by atoms with Crippen LogP contribution in [0.5, 0.6) is 0 Å². The van der Waals surface area contributed by atoms with Gasteiger partial charge in [0.15, 0.2) is 11.6 Å². The predicted molar refractivity (Wildman–Crippen MR) is 65.7 cm³/mol. The van der Waals surface area contributed by atoms with Gasteiger partial charge in [-0.2, -0.15) is 4.68 Å². The summed E-state index contributed by atoms with van der Waals surface area (Å²) in [7, 11) is 0. The number of nitrogens with zero attached hydrogens (tertiary/aromatic N) is 4. The van der Waals surface area contributed by atoms with Crippen LogP contribution in [0.25, 0.3) is 5.82 Å². The summed E-state index contributed by atoms with van der Waals surface area (Å²) in [5, 5.41) is 4.42. The summed E-state index contributed by atoms with van der Waals surface area (Å²) < 4.78 is 1.76. The molecule has 17 heavy (non-hydrogen) atoms. The van der Waals surface area contributed by atoms with E-state index in [1.165, 1.54) is 0 Å². The van der Waals surface area contributed by atoms with Crippen molar-refractivity contribution < 1.29 is 0 Å². The Labute approximate surface area is 99.9 Å². The normalized spacial score (nSPS) is 10.5. The zero-order valence-electron chi connectivity index (χ0n) is 10.0. The summed E-state index contributed by atoms with van der Waals surface area (Å²) in [6, 6.07) is 5.56. The average Bonchev–Trinajstić information content (AvgIpc) is 2.82. The minimum atomic E-state index is 0.609. The quantitative estimate of drug-likeness (QED) is 0.608. The maximum absolute atomic E-state index is 5.34. The molecule has 2 aromatic rings. The molecule has 0 bridgehead atoms. The molecule has 0 amide bonds. The Balaban J connectivity index is 2.47. The lowest BCUT2D eigenvalue weighted by Gasteiger charge is -2.05. The molecule has 0 aliphatic heterocycles. The van der Waals surface area contributed by atoms with Crippen molar-refractivity contribution >= 4 is 5.82 Å². The number of nitrogen functional groups attached to an aromatic ring is 1. The molecular weight excluding hydrogens is 216 g/mol. The van der Waals surface area contributed by atoms with E-state index in [9.17, 15) is 0 Å². The van der Waals surface area contributed by atoms with Crippen LogP contribution in [-0.2, 0) is 12.8 Å². The Hall–Kier alpha value is -1.95. The number of hydrazine groups is 1. The highest BCUT2D eigenvalue weighted by atomic mass is 15.4. The largest absolute Gasteiger partial charge is 0.308 e. The monoisotopic (exact) mass is 232 g/mol. The van der Waals surface area contributed by atoms with Crippen molar-refractivity contribution in [3.63, 3.8) is 0 Å². The topological polar surface area (TPSA) is 81.7 Å². The van der Waals surface area contributed by atoms with Gasteiger partial charge in [-0.3, -0.25) is 0 Å². The van der Waals surface area contributed by atoms with Crippen LogP contribution < -0.4 is 11.3 Å². The van der Waals surface area contributed by atoms with E-state index < -0.39 is 0 Å². The fraction of sp³-hybridized carbons (Fsp3) is 0.364. The number of pyridine rings is 1.